The molecule has 1 aromatic rings. The SMILES string of the molecule is CC1=CC(=O)N(C(C)Cn2ccnc2)C1=O. The summed E-state index contributed by atoms with van der Waals surface area (Å²) >= 11 is 0. The summed E-state index contributed by atoms with van der Waals surface area (Å²) in [6, 6.07) is -0.164. The Morgan fingerprint density at radius 1 is 1.44 bits per heavy atom. The van der Waals surface area contributed by atoms with Crippen LogP contribution < -0.4 is 0 Å². The second-order valence-corrected chi connectivity index (χ2v) is 3.95. The van der Waals surface area contributed by atoms with E-state index in [4.69, 9.17) is 0 Å². The standard InChI is InChI=1S/C11H13N3O2/c1-8-5-10(15)14(11(8)16)9(2)6-13-4-3-12-7-13/h3-5,7,9H,6H2,1-2H3. The maximum Gasteiger partial charge on any atom is 0.256 e. The van der Waals surface area contributed by atoms with Gasteiger partial charge in [-0.2, -0.15) is 0 Å². The largest absolute Gasteiger partial charge is 0.335 e. The molecule has 0 aromatic carbocycles. The van der Waals surface area contributed by atoms with Crippen LogP contribution >= 0.6 is 0 Å². The first-order valence-corrected chi connectivity index (χ1v) is 5.11. The number of hydrogen-bond acceptors (Lipinski definition) is 3. The molecule has 16 heavy (non-hydrogen) atoms. The third-order valence-corrected chi connectivity index (χ3v) is 2.61. The average Bonchev–Trinajstić information content (AvgIpc) is 2.77. The Labute approximate surface area is 93.4 Å². The van der Waals surface area contributed by atoms with Crippen LogP contribution in [-0.4, -0.2) is 32.3 Å². The minimum absolute atomic E-state index is 0.164. The Morgan fingerprint density at radius 2 is 2.19 bits per heavy atom. The van der Waals surface area contributed by atoms with Crippen molar-refractivity contribution < 1.29 is 9.59 Å². The van der Waals surface area contributed by atoms with Crippen molar-refractivity contribution in [3.05, 3.63) is 30.4 Å². The van der Waals surface area contributed by atoms with Crippen molar-refractivity contribution in [3.8, 4) is 0 Å². The first-order chi connectivity index (χ1) is 7.59. The molecule has 5 nitrogen and oxygen atoms in total. The number of aromatic nitrogens is 2. The van der Waals surface area contributed by atoms with Gasteiger partial charge in [-0.05, 0) is 13.8 Å². The summed E-state index contributed by atoms with van der Waals surface area (Å²) < 4.78 is 1.85. The number of hydrogen-bond donors (Lipinski definition) is 0. The average molecular weight is 219 g/mol. The Hall–Kier alpha value is -1.91. The Kier molecular flexibility index (Phi) is 2.60. The molecular weight excluding hydrogens is 206 g/mol. The second kappa shape index (κ2) is 3.92. The van der Waals surface area contributed by atoms with Gasteiger partial charge < -0.3 is 4.57 Å². The summed E-state index contributed by atoms with van der Waals surface area (Å²) in [5, 5.41) is 0. The van der Waals surface area contributed by atoms with Gasteiger partial charge in [-0.15, -0.1) is 0 Å². The topological polar surface area (TPSA) is 55.2 Å². The number of nitrogens with zero attached hydrogens (tertiary/aromatic N) is 3. The van der Waals surface area contributed by atoms with E-state index in [-0.39, 0.29) is 17.9 Å². The van der Waals surface area contributed by atoms with Gasteiger partial charge in [0.25, 0.3) is 11.8 Å². The number of amides is 2. The number of carbonyl (C=O) groups excluding carboxylic acids is 2. The smallest absolute Gasteiger partial charge is 0.256 e. The predicted octanol–water partition coefficient (Wildman–Crippen LogP) is 0.587. The van der Waals surface area contributed by atoms with E-state index in [2.05, 4.69) is 4.98 Å². The van der Waals surface area contributed by atoms with E-state index < -0.39 is 0 Å². The Bertz CT molecular complexity index is 448. The van der Waals surface area contributed by atoms with Crippen LogP contribution in [0.5, 0.6) is 0 Å². The summed E-state index contributed by atoms with van der Waals surface area (Å²) in [6.07, 6.45) is 6.53. The fraction of sp³-hybridized carbons (Fsp3) is 0.364. The monoisotopic (exact) mass is 219 g/mol. The van der Waals surface area contributed by atoms with Gasteiger partial charge in [-0.3, -0.25) is 14.5 Å². The number of rotatable bonds is 3. The predicted molar refractivity (Wildman–Crippen MR) is 57.3 cm³/mol. The quantitative estimate of drug-likeness (QED) is 0.699. The van der Waals surface area contributed by atoms with Crippen molar-refractivity contribution in [3.63, 3.8) is 0 Å². The normalized spacial score (nSPS) is 17.9. The zero-order valence-electron chi connectivity index (χ0n) is 9.25. The van der Waals surface area contributed by atoms with Crippen molar-refractivity contribution in [2.24, 2.45) is 0 Å². The zero-order valence-corrected chi connectivity index (χ0v) is 9.25. The molecule has 0 bridgehead atoms. The van der Waals surface area contributed by atoms with E-state index in [0.717, 1.165) is 0 Å². The minimum Gasteiger partial charge on any atom is -0.335 e. The highest BCUT2D eigenvalue weighted by atomic mass is 16.2. The maximum absolute atomic E-state index is 11.7. The van der Waals surface area contributed by atoms with Crippen molar-refractivity contribution in [1.29, 1.82) is 0 Å². The summed E-state index contributed by atoms with van der Waals surface area (Å²) in [6.45, 7) is 4.07. The lowest BCUT2D eigenvalue weighted by molar-refractivity contribution is -0.139. The molecule has 1 aliphatic rings. The van der Waals surface area contributed by atoms with Gasteiger partial charge in [0, 0.05) is 30.6 Å². The molecular formula is C11H13N3O2. The van der Waals surface area contributed by atoms with Crippen LogP contribution in [0.3, 0.4) is 0 Å². The molecule has 0 aliphatic carbocycles. The first-order valence-electron chi connectivity index (χ1n) is 5.11. The molecule has 5 heteroatoms. The third kappa shape index (κ3) is 1.76. The van der Waals surface area contributed by atoms with Crippen LogP contribution in [0.2, 0.25) is 0 Å². The third-order valence-electron chi connectivity index (χ3n) is 2.61. The van der Waals surface area contributed by atoms with E-state index in [0.29, 0.717) is 12.1 Å². The van der Waals surface area contributed by atoms with Gasteiger partial charge in [0.15, 0.2) is 0 Å². The molecule has 2 amide bonds. The molecule has 2 rings (SSSR count). The van der Waals surface area contributed by atoms with Gasteiger partial charge in [-0.1, -0.05) is 0 Å². The fourth-order valence-electron chi connectivity index (χ4n) is 1.81. The van der Waals surface area contributed by atoms with Crippen LogP contribution in [0.1, 0.15) is 13.8 Å². The number of imidazole rings is 1. The highest BCUT2D eigenvalue weighted by Gasteiger charge is 2.32. The van der Waals surface area contributed by atoms with Crippen LogP contribution in [0, 0.1) is 0 Å². The minimum atomic E-state index is -0.227. The van der Waals surface area contributed by atoms with E-state index in [9.17, 15) is 9.59 Å². The van der Waals surface area contributed by atoms with E-state index >= 15 is 0 Å². The van der Waals surface area contributed by atoms with Crippen molar-refractivity contribution >= 4 is 11.8 Å². The van der Waals surface area contributed by atoms with Crippen LogP contribution in [0.4, 0.5) is 0 Å². The molecule has 0 N–H and O–H groups in total. The van der Waals surface area contributed by atoms with Crippen LogP contribution in [0.15, 0.2) is 30.4 Å². The molecule has 0 saturated heterocycles. The summed E-state index contributed by atoms with van der Waals surface area (Å²) in [5.74, 6) is -0.423. The molecule has 84 valence electrons. The van der Waals surface area contributed by atoms with Gasteiger partial charge in [0.05, 0.1) is 12.4 Å². The Morgan fingerprint density at radius 3 is 2.69 bits per heavy atom. The fourth-order valence-corrected chi connectivity index (χ4v) is 1.81. The first kappa shape index (κ1) is 10.6. The molecule has 0 spiro atoms. The summed E-state index contributed by atoms with van der Waals surface area (Å²) in [4.78, 5) is 28.5. The molecule has 1 aromatic heterocycles. The molecule has 2 heterocycles. The highest BCUT2D eigenvalue weighted by Crippen LogP contribution is 2.16. The second-order valence-electron chi connectivity index (χ2n) is 3.95. The molecule has 1 atom stereocenters. The van der Waals surface area contributed by atoms with Gasteiger partial charge >= 0.3 is 0 Å². The number of carbonyl (C=O) groups is 2. The van der Waals surface area contributed by atoms with Gasteiger partial charge in [-0.25, -0.2) is 4.98 Å². The van der Waals surface area contributed by atoms with Gasteiger partial charge in [0.2, 0.25) is 0 Å². The lowest BCUT2D eigenvalue weighted by Gasteiger charge is -2.23. The summed E-state index contributed by atoms with van der Waals surface area (Å²) in [5.41, 5.74) is 0.502. The molecule has 0 radical (unpaired) electrons. The van der Waals surface area contributed by atoms with E-state index in [1.165, 1.54) is 11.0 Å². The molecule has 1 unspecified atom stereocenters. The summed E-state index contributed by atoms with van der Waals surface area (Å²) in [7, 11) is 0. The van der Waals surface area contributed by atoms with Crippen LogP contribution in [0.25, 0.3) is 0 Å². The maximum atomic E-state index is 11.7. The molecule has 0 fully saturated rings. The van der Waals surface area contributed by atoms with E-state index in [1.54, 1.807) is 19.4 Å². The highest BCUT2D eigenvalue weighted by molar-refractivity contribution is 6.16. The van der Waals surface area contributed by atoms with Gasteiger partial charge in [0.1, 0.15) is 0 Å². The number of imide groups is 1. The van der Waals surface area contributed by atoms with E-state index in [1.807, 2.05) is 17.7 Å². The molecule has 0 saturated carbocycles. The van der Waals surface area contributed by atoms with Crippen molar-refractivity contribution in [2.45, 2.75) is 26.4 Å². The Balaban J connectivity index is 2.09. The van der Waals surface area contributed by atoms with Crippen molar-refractivity contribution in [1.82, 2.24) is 14.5 Å². The lowest BCUT2D eigenvalue weighted by atomic mass is 10.2. The van der Waals surface area contributed by atoms with Crippen molar-refractivity contribution in [2.75, 3.05) is 0 Å². The lowest BCUT2D eigenvalue weighted by Crippen LogP contribution is -2.41. The zero-order chi connectivity index (χ0) is 11.7. The molecule has 1 aliphatic heterocycles. The van der Waals surface area contributed by atoms with Crippen LogP contribution in [-0.2, 0) is 16.1 Å².